The van der Waals surface area contributed by atoms with E-state index in [0.29, 0.717) is 22.2 Å². The predicted octanol–water partition coefficient (Wildman–Crippen LogP) is 1.43. The van der Waals surface area contributed by atoms with Crippen molar-refractivity contribution in [1.29, 1.82) is 0 Å². The first-order chi connectivity index (χ1) is 12.6. The summed E-state index contributed by atoms with van der Waals surface area (Å²) in [6.07, 6.45) is 0. The Bertz CT molecular complexity index is 1140. The SMILES string of the molecule is Cc1cc(C)n2nc(SCC(=O)Nc3ccc(C)c(S(N)(=O)=O)c3)nc2n1. The first kappa shape index (κ1) is 19.3. The van der Waals surface area contributed by atoms with Crippen LogP contribution in [0.4, 0.5) is 5.69 Å². The molecule has 1 aromatic carbocycles. The summed E-state index contributed by atoms with van der Waals surface area (Å²) in [6, 6.07) is 6.44. The summed E-state index contributed by atoms with van der Waals surface area (Å²) in [7, 11) is -3.86. The summed E-state index contributed by atoms with van der Waals surface area (Å²) < 4.78 is 24.8. The Morgan fingerprint density at radius 1 is 1.22 bits per heavy atom. The number of thioether (sulfide) groups is 1. The highest BCUT2D eigenvalue weighted by atomic mass is 32.2. The zero-order chi connectivity index (χ0) is 19.8. The molecular weight excluding hydrogens is 388 g/mol. The number of nitrogens with one attached hydrogen (secondary N) is 1. The number of hydrogen-bond acceptors (Lipinski definition) is 7. The summed E-state index contributed by atoms with van der Waals surface area (Å²) >= 11 is 1.16. The van der Waals surface area contributed by atoms with Gasteiger partial charge in [0.2, 0.25) is 21.1 Å². The third kappa shape index (κ3) is 4.43. The van der Waals surface area contributed by atoms with Crippen LogP contribution in [0.3, 0.4) is 0 Å². The van der Waals surface area contributed by atoms with E-state index in [-0.39, 0.29) is 16.6 Å². The van der Waals surface area contributed by atoms with Gasteiger partial charge >= 0.3 is 0 Å². The number of aromatic nitrogens is 4. The topological polar surface area (TPSA) is 132 Å². The molecule has 0 radical (unpaired) electrons. The minimum absolute atomic E-state index is 0.0214. The third-order valence-electron chi connectivity index (χ3n) is 3.71. The lowest BCUT2D eigenvalue weighted by Crippen LogP contribution is -2.17. The van der Waals surface area contributed by atoms with E-state index in [4.69, 9.17) is 5.14 Å². The van der Waals surface area contributed by atoms with Gasteiger partial charge in [0, 0.05) is 17.1 Å². The number of nitrogens with two attached hydrogens (primary N) is 1. The van der Waals surface area contributed by atoms with E-state index in [2.05, 4.69) is 20.4 Å². The van der Waals surface area contributed by atoms with Crippen LogP contribution in [0.15, 0.2) is 34.3 Å². The molecule has 2 heterocycles. The van der Waals surface area contributed by atoms with Gasteiger partial charge in [0.25, 0.3) is 5.78 Å². The van der Waals surface area contributed by atoms with Crippen molar-refractivity contribution in [3.8, 4) is 0 Å². The van der Waals surface area contributed by atoms with E-state index < -0.39 is 10.0 Å². The Labute approximate surface area is 160 Å². The molecule has 0 spiro atoms. The number of aryl methyl sites for hydroxylation is 3. The first-order valence-corrected chi connectivity index (χ1v) is 10.4. The number of sulfonamides is 1. The Hall–Kier alpha value is -2.50. The van der Waals surface area contributed by atoms with Crippen molar-refractivity contribution in [2.24, 2.45) is 5.14 Å². The van der Waals surface area contributed by atoms with Crippen LogP contribution in [0.2, 0.25) is 0 Å². The van der Waals surface area contributed by atoms with Gasteiger partial charge in [-0.05, 0) is 44.5 Å². The number of carbonyl (C=O) groups is 1. The van der Waals surface area contributed by atoms with Gasteiger partial charge < -0.3 is 5.32 Å². The largest absolute Gasteiger partial charge is 0.325 e. The zero-order valence-electron chi connectivity index (χ0n) is 14.9. The Morgan fingerprint density at radius 2 is 1.96 bits per heavy atom. The number of rotatable bonds is 5. The van der Waals surface area contributed by atoms with Crippen LogP contribution in [-0.4, -0.2) is 39.7 Å². The maximum Gasteiger partial charge on any atom is 0.253 e. The number of carbonyl (C=O) groups excluding carboxylic acids is 1. The standard InChI is InChI=1S/C16H18N6O3S2/c1-9-4-5-12(7-13(9)27(17,24)25)19-14(23)8-26-16-20-15-18-10(2)6-11(3)22(15)21-16/h4-7H,8H2,1-3H3,(H,19,23)(H2,17,24,25). The van der Waals surface area contributed by atoms with Crippen LogP contribution in [0, 0.1) is 20.8 Å². The molecule has 0 unspecified atom stereocenters. The Balaban J connectivity index is 1.69. The highest BCUT2D eigenvalue weighted by Gasteiger charge is 2.14. The minimum atomic E-state index is -3.86. The number of nitrogens with zero attached hydrogens (tertiary/aromatic N) is 4. The van der Waals surface area contributed by atoms with Gasteiger partial charge in [0.05, 0.1) is 10.6 Å². The minimum Gasteiger partial charge on any atom is -0.325 e. The maximum atomic E-state index is 12.2. The lowest BCUT2D eigenvalue weighted by Gasteiger charge is -2.08. The summed E-state index contributed by atoms with van der Waals surface area (Å²) in [5, 5.41) is 12.6. The molecule has 3 aromatic rings. The monoisotopic (exact) mass is 406 g/mol. The van der Waals surface area contributed by atoms with Crippen LogP contribution >= 0.6 is 11.8 Å². The average Bonchev–Trinajstić information content (AvgIpc) is 2.97. The molecule has 9 nitrogen and oxygen atoms in total. The fraction of sp³-hybridized carbons (Fsp3) is 0.250. The van der Waals surface area contributed by atoms with Gasteiger partial charge in [-0.2, -0.15) is 4.98 Å². The van der Waals surface area contributed by atoms with Gasteiger partial charge in [-0.15, -0.1) is 5.10 Å². The fourth-order valence-electron chi connectivity index (χ4n) is 2.52. The van der Waals surface area contributed by atoms with Crippen molar-refractivity contribution in [2.75, 3.05) is 11.1 Å². The molecular formula is C16H18N6O3S2. The molecule has 11 heteroatoms. The highest BCUT2D eigenvalue weighted by molar-refractivity contribution is 7.99. The van der Waals surface area contributed by atoms with Gasteiger partial charge in [0.15, 0.2) is 0 Å². The van der Waals surface area contributed by atoms with Crippen molar-refractivity contribution in [1.82, 2.24) is 19.6 Å². The number of benzene rings is 1. The van der Waals surface area contributed by atoms with E-state index >= 15 is 0 Å². The first-order valence-electron chi connectivity index (χ1n) is 7.90. The molecule has 0 saturated heterocycles. The van der Waals surface area contributed by atoms with Crippen molar-refractivity contribution < 1.29 is 13.2 Å². The second kappa shape index (κ2) is 7.25. The van der Waals surface area contributed by atoms with E-state index in [1.165, 1.54) is 6.07 Å². The highest BCUT2D eigenvalue weighted by Crippen LogP contribution is 2.20. The number of anilines is 1. The second-order valence-electron chi connectivity index (χ2n) is 6.01. The number of hydrogen-bond donors (Lipinski definition) is 2. The van der Waals surface area contributed by atoms with Crippen LogP contribution in [0.25, 0.3) is 5.78 Å². The molecule has 0 aliphatic carbocycles. The Morgan fingerprint density at radius 3 is 2.67 bits per heavy atom. The maximum absolute atomic E-state index is 12.2. The average molecular weight is 406 g/mol. The summed E-state index contributed by atoms with van der Waals surface area (Å²) in [5.74, 6) is 0.226. The number of amides is 1. The Kier molecular flexibility index (Phi) is 5.18. The van der Waals surface area contributed by atoms with Gasteiger partial charge in [-0.25, -0.2) is 23.1 Å². The van der Waals surface area contributed by atoms with Gasteiger partial charge in [0.1, 0.15) is 0 Å². The molecule has 1 amide bonds. The van der Waals surface area contributed by atoms with E-state index in [0.717, 1.165) is 23.1 Å². The fourth-order valence-corrected chi connectivity index (χ4v) is 3.95. The van der Waals surface area contributed by atoms with Crippen molar-refractivity contribution >= 4 is 39.2 Å². The molecule has 0 bridgehead atoms. The lowest BCUT2D eigenvalue weighted by molar-refractivity contribution is -0.113. The number of fused-ring (bicyclic) bond motifs is 1. The molecule has 27 heavy (non-hydrogen) atoms. The quantitative estimate of drug-likeness (QED) is 0.612. The smallest absolute Gasteiger partial charge is 0.253 e. The molecule has 2 aromatic heterocycles. The molecule has 142 valence electrons. The van der Waals surface area contributed by atoms with E-state index in [9.17, 15) is 13.2 Å². The van der Waals surface area contributed by atoms with Crippen molar-refractivity contribution in [2.45, 2.75) is 30.8 Å². The van der Waals surface area contributed by atoms with Crippen LogP contribution in [0.1, 0.15) is 17.0 Å². The molecule has 0 atom stereocenters. The molecule has 0 saturated carbocycles. The zero-order valence-corrected chi connectivity index (χ0v) is 16.6. The molecule has 0 aliphatic heterocycles. The number of primary sulfonamides is 1. The van der Waals surface area contributed by atoms with E-state index in [1.807, 2.05) is 19.9 Å². The van der Waals surface area contributed by atoms with Gasteiger partial charge in [-0.1, -0.05) is 17.8 Å². The molecule has 3 rings (SSSR count). The third-order valence-corrected chi connectivity index (χ3v) is 5.60. The summed E-state index contributed by atoms with van der Waals surface area (Å²) in [5.41, 5.74) is 2.60. The van der Waals surface area contributed by atoms with E-state index in [1.54, 1.807) is 23.6 Å². The van der Waals surface area contributed by atoms with Crippen LogP contribution < -0.4 is 10.5 Å². The normalized spacial score (nSPS) is 11.7. The lowest BCUT2D eigenvalue weighted by atomic mass is 10.2. The van der Waals surface area contributed by atoms with Crippen molar-refractivity contribution in [3.63, 3.8) is 0 Å². The van der Waals surface area contributed by atoms with Gasteiger partial charge in [-0.3, -0.25) is 4.79 Å². The molecule has 0 fully saturated rings. The van der Waals surface area contributed by atoms with Crippen LogP contribution in [-0.2, 0) is 14.8 Å². The van der Waals surface area contributed by atoms with Crippen LogP contribution in [0.5, 0.6) is 0 Å². The predicted molar refractivity (Wildman–Crippen MR) is 102 cm³/mol. The van der Waals surface area contributed by atoms with Crippen molar-refractivity contribution in [3.05, 3.63) is 41.2 Å². The second-order valence-corrected chi connectivity index (χ2v) is 8.48. The molecule has 3 N–H and O–H groups in total. The summed E-state index contributed by atoms with van der Waals surface area (Å²) in [6.45, 7) is 5.41. The summed E-state index contributed by atoms with van der Waals surface area (Å²) in [4.78, 5) is 20.8. The molecule has 0 aliphatic rings.